The molecule has 0 radical (unpaired) electrons. The van der Waals surface area contributed by atoms with Crippen LogP contribution in [0.3, 0.4) is 0 Å². The molecule has 4 rings (SSSR count). The molecule has 0 bridgehead atoms. The van der Waals surface area contributed by atoms with Crippen molar-refractivity contribution in [2.45, 2.75) is 18.6 Å². The molecule has 124 valence electrons. The molecule has 1 amide bonds. The number of hydrogen-bond donors (Lipinski definition) is 0. The van der Waals surface area contributed by atoms with E-state index >= 15 is 0 Å². The zero-order chi connectivity index (χ0) is 16.5. The van der Waals surface area contributed by atoms with Gasteiger partial charge in [0.15, 0.2) is 0 Å². The standard InChI is InChI=1S/C17H17FN4O2/c18-13-4-2-12(3-5-13)6-9-22-14-10-21(11-15(14)24-17(22)23)16-19-7-1-8-20-16/h1-5,7-8,14-15H,6,9-11H2/t14-,15+/m0/s1. The first-order valence-corrected chi connectivity index (χ1v) is 7.94. The van der Waals surface area contributed by atoms with Crippen LogP contribution in [0.2, 0.25) is 0 Å². The quantitative estimate of drug-likeness (QED) is 0.857. The van der Waals surface area contributed by atoms with Gasteiger partial charge >= 0.3 is 6.09 Å². The lowest BCUT2D eigenvalue weighted by molar-refractivity contribution is 0.136. The van der Waals surface area contributed by atoms with Gasteiger partial charge in [-0.05, 0) is 30.2 Å². The van der Waals surface area contributed by atoms with Crippen LogP contribution in [0.4, 0.5) is 15.1 Å². The fourth-order valence-corrected chi connectivity index (χ4v) is 3.28. The fraction of sp³-hybridized carbons (Fsp3) is 0.353. The first-order valence-electron chi connectivity index (χ1n) is 7.94. The van der Waals surface area contributed by atoms with Crippen molar-refractivity contribution in [3.63, 3.8) is 0 Å². The van der Waals surface area contributed by atoms with Crippen molar-refractivity contribution in [2.24, 2.45) is 0 Å². The number of benzene rings is 1. The Kier molecular flexibility index (Phi) is 3.76. The Balaban J connectivity index is 1.42. The van der Waals surface area contributed by atoms with Gasteiger partial charge in [-0.25, -0.2) is 19.2 Å². The van der Waals surface area contributed by atoms with Crippen LogP contribution in [0.5, 0.6) is 0 Å². The molecule has 0 aliphatic carbocycles. The summed E-state index contributed by atoms with van der Waals surface area (Å²) in [5, 5.41) is 0. The van der Waals surface area contributed by atoms with E-state index in [1.54, 1.807) is 35.5 Å². The molecule has 2 aliphatic heterocycles. The van der Waals surface area contributed by atoms with Crippen LogP contribution in [0.15, 0.2) is 42.7 Å². The minimum Gasteiger partial charge on any atom is -0.442 e. The zero-order valence-electron chi connectivity index (χ0n) is 13.0. The Labute approximate surface area is 138 Å². The number of rotatable bonds is 4. The Bertz CT molecular complexity index is 725. The Morgan fingerprint density at radius 3 is 2.67 bits per heavy atom. The van der Waals surface area contributed by atoms with E-state index in [0.29, 0.717) is 32.0 Å². The van der Waals surface area contributed by atoms with Gasteiger partial charge in [0.2, 0.25) is 5.95 Å². The van der Waals surface area contributed by atoms with Crippen LogP contribution in [0, 0.1) is 5.82 Å². The first kappa shape index (κ1) is 14.9. The van der Waals surface area contributed by atoms with Crippen molar-refractivity contribution in [2.75, 3.05) is 24.5 Å². The molecule has 2 fully saturated rings. The van der Waals surface area contributed by atoms with Gasteiger partial charge in [-0.15, -0.1) is 0 Å². The van der Waals surface area contributed by atoms with E-state index < -0.39 is 0 Å². The molecule has 1 aromatic heterocycles. The highest BCUT2D eigenvalue weighted by Crippen LogP contribution is 2.28. The van der Waals surface area contributed by atoms with Crippen molar-refractivity contribution in [1.82, 2.24) is 14.9 Å². The SMILES string of the molecule is O=C1O[C@@H]2CN(c3ncccn3)C[C@@H]2N1CCc1ccc(F)cc1. The van der Waals surface area contributed by atoms with E-state index in [-0.39, 0.29) is 24.1 Å². The number of aromatic nitrogens is 2. The molecule has 2 aromatic rings. The molecule has 0 unspecified atom stereocenters. The summed E-state index contributed by atoms with van der Waals surface area (Å²) in [5.41, 5.74) is 0.994. The number of amides is 1. The van der Waals surface area contributed by atoms with Crippen LogP contribution in [-0.4, -0.2) is 52.7 Å². The third kappa shape index (κ3) is 2.77. The number of nitrogens with zero attached hydrogens (tertiary/aromatic N) is 4. The third-order valence-electron chi connectivity index (χ3n) is 4.51. The van der Waals surface area contributed by atoms with Gasteiger partial charge in [-0.1, -0.05) is 12.1 Å². The van der Waals surface area contributed by atoms with Crippen molar-refractivity contribution in [3.8, 4) is 0 Å². The van der Waals surface area contributed by atoms with E-state index in [4.69, 9.17) is 4.74 Å². The number of hydrogen-bond acceptors (Lipinski definition) is 5. The van der Waals surface area contributed by atoms with Gasteiger partial charge in [0.25, 0.3) is 0 Å². The number of halogens is 1. The summed E-state index contributed by atoms with van der Waals surface area (Å²) >= 11 is 0. The minimum absolute atomic E-state index is 0.00162. The second-order valence-electron chi connectivity index (χ2n) is 6.01. The smallest absolute Gasteiger partial charge is 0.410 e. The van der Waals surface area contributed by atoms with Crippen molar-refractivity contribution in [1.29, 1.82) is 0 Å². The van der Waals surface area contributed by atoms with E-state index in [0.717, 1.165) is 5.56 Å². The second kappa shape index (κ2) is 6.07. The Morgan fingerprint density at radius 1 is 1.17 bits per heavy atom. The summed E-state index contributed by atoms with van der Waals surface area (Å²) in [4.78, 5) is 24.4. The predicted octanol–water partition coefficient (Wildman–Crippen LogP) is 1.87. The van der Waals surface area contributed by atoms with Crippen LogP contribution in [0.25, 0.3) is 0 Å². The van der Waals surface area contributed by atoms with Gasteiger partial charge in [0, 0.05) is 25.5 Å². The maximum Gasteiger partial charge on any atom is 0.410 e. The van der Waals surface area contributed by atoms with E-state index in [2.05, 4.69) is 9.97 Å². The lowest BCUT2D eigenvalue weighted by atomic mass is 10.1. The first-order chi connectivity index (χ1) is 11.7. The monoisotopic (exact) mass is 328 g/mol. The third-order valence-corrected chi connectivity index (χ3v) is 4.51. The Morgan fingerprint density at radius 2 is 1.92 bits per heavy atom. The molecule has 6 nitrogen and oxygen atoms in total. The number of fused-ring (bicyclic) bond motifs is 1. The lowest BCUT2D eigenvalue weighted by Crippen LogP contribution is -2.39. The van der Waals surface area contributed by atoms with E-state index in [1.807, 2.05) is 4.90 Å². The molecule has 0 spiro atoms. The summed E-state index contributed by atoms with van der Waals surface area (Å²) in [6, 6.07) is 8.13. The highest BCUT2D eigenvalue weighted by atomic mass is 19.1. The molecule has 2 aliphatic rings. The molecule has 1 aromatic carbocycles. The zero-order valence-corrected chi connectivity index (χ0v) is 13.0. The highest BCUT2D eigenvalue weighted by Gasteiger charge is 2.47. The minimum atomic E-state index is -0.277. The fourth-order valence-electron chi connectivity index (χ4n) is 3.28. The summed E-state index contributed by atoms with van der Waals surface area (Å²) in [7, 11) is 0. The normalized spacial score (nSPS) is 22.6. The van der Waals surface area contributed by atoms with Gasteiger partial charge in [-0.2, -0.15) is 0 Å². The van der Waals surface area contributed by atoms with Crippen molar-refractivity contribution >= 4 is 12.0 Å². The van der Waals surface area contributed by atoms with Gasteiger partial charge in [0.05, 0.1) is 12.6 Å². The number of ether oxygens (including phenoxy) is 1. The molecule has 24 heavy (non-hydrogen) atoms. The second-order valence-corrected chi connectivity index (χ2v) is 6.01. The van der Waals surface area contributed by atoms with Crippen LogP contribution >= 0.6 is 0 Å². The number of carbonyl (C=O) groups is 1. The van der Waals surface area contributed by atoms with E-state index in [9.17, 15) is 9.18 Å². The van der Waals surface area contributed by atoms with Crippen molar-refractivity contribution in [3.05, 3.63) is 54.1 Å². The predicted molar refractivity (Wildman–Crippen MR) is 85.1 cm³/mol. The molecule has 7 heteroatoms. The molecular formula is C17H17FN4O2. The topological polar surface area (TPSA) is 58.6 Å². The number of carbonyl (C=O) groups excluding carboxylic acids is 1. The average molecular weight is 328 g/mol. The molecular weight excluding hydrogens is 311 g/mol. The molecule has 0 saturated carbocycles. The average Bonchev–Trinajstić information content (AvgIpc) is 3.13. The number of anilines is 1. The summed E-state index contributed by atoms with van der Waals surface area (Å²) in [5.74, 6) is 0.398. The summed E-state index contributed by atoms with van der Waals surface area (Å²) < 4.78 is 18.5. The molecule has 2 atom stereocenters. The van der Waals surface area contributed by atoms with Gasteiger partial charge in [0.1, 0.15) is 11.9 Å². The highest BCUT2D eigenvalue weighted by molar-refractivity contribution is 5.71. The van der Waals surface area contributed by atoms with Gasteiger partial charge in [-0.3, -0.25) is 4.90 Å². The lowest BCUT2D eigenvalue weighted by Gasteiger charge is -2.22. The van der Waals surface area contributed by atoms with Crippen LogP contribution in [-0.2, 0) is 11.2 Å². The Hall–Kier alpha value is -2.70. The maximum atomic E-state index is 13.0. The van der Waals surface area contributed by atoms with Gasteiger partial charge < -0.3 is 9.64 Å². The maximum absolute atomic E-state index is 13.0. The molecule has 3 heterocycles. The molecule has 0 N–H and O–H groups in total. The van der Waals surface area contributed by atoms with Crippen molar-refractivity contribution < 1.29 is 13.9 Å². The molecule has 2 saturated heterocycles. The largest absolute Gasteiger partial charge is 0.442 e. The summed E-state index contributed by atoms with van der Waals surface area (Å²) in [6.45, 7) is 1.81. The summed E-state index contributed by atoms with van der Waals surface area (Å²) in [6.07, 6.45) is 3.64. The van der Waals surface area contributed by atoms with E-state index in [1.165, 1.54) is 12.1 Å². The van der Waals surface area contributed by atoms with Crippen LogP contribution < -0.4 is 4.90 Å². The van der Waals surface area contributed by atoms with Crippen LogP contribution in [0.1, 0.15) is 5.56 Å².